The van der Waals surface area contributed by atoms with Crippen LogP contribution in [0.4, 0.5) is 5.69 Å². The summed E-state index contributed by atoms with van der Waals surface area (Å²) in [4.78, 5) is 25.4. The highest BCUT2D eigenvalue weighted by atomic mass is 32.2. The van der Waals surface area contributed by atoms with Gasteiger partial charge in [-0.2, -0.15) is 0 Å². The van der Waals surface area contributed by atoms with Crippen molar-refractivity contribution >= 4 is 39.3 Å². The van der Waals surface area contributed by atoms with Crippen molar-refractivity contribution in [1.29, 1.82) is 0 Å². The van der Waals surface area contributed by atoms with Crippen LogP contribution in [-0.2, 0) is 14.8 Å². The van der Waals surface area contributed by atoms with Crippen molar-refractivity contribution < 1.29 is 18.0 Å². The lowest BCUT2D eigenvalue weighted by Gasteiger charge is -2.14. The van der Waals surface area contributed by atoms with Gasteiger partial charge >= 0.3 is 0 Å². The lowest BCUT2D eigenvalue weighted by atomic mass is 10.2. The van der Waals surface area contributed by atoms with E-state index in [9.17, 15) is 18.0 Å². The van der Waals surface area contributed by atoms with Crippen molar-refractivity contribution in [3.05, 3.63) is 54.1 Å². The number of rotatable bonds is 6. The molecule has 0 spiro atoms. The first kappa shape index (κ1) is 18.5. The zero-order valence-corrected chi connectivity index (χ0v) is 15.8. The number of thioether (sulfide) groups is 1. The van der Waals surface area contributed by atoms with Crippen molar-refractivity contribution in [3.8, 4) is 0 Å². The molecule has 0 radical (unpaired) electrons. The number of nitrogens with one attached hydrogen (secondary N) is 1. The molecule has 3 rings (SSSR count). The minimum atomic E-state index is -3.81. The average molecular weight is 390 g/mol. The van der Waals surface area contributed by atoms with Crippen LogP contribution in [0.5, 0.6) is 0 Å². The van der Waals surface area contributed by atoms with Crippen LogP contribution in [0.25, 0.3) is 0 Å². The molecule has 136 valence electrons. The van der Waals surface area contributed by atoms with E-state index in [0.29, 0.717) is 5.69 Å². The summed E-state index contributed by atoms with van der Waals surface area (Å²) in [6, 6.07) is 13.6. The summed E-state index contributed by atoms with van der Waals surface area (Å²) in [5, 5.41) is 2.79. The Kier molecular flexibility index (Phi) is 5.33. The van der Waals surface area contributed by atoms with Crippen LogP contribution < -0.4 is 5.32 Å². The van der Waals surface area contributed by atoms with Crippen LogP contribution in [0, 0.1) is 0 Å². The Morgan fingerprint density at radius 1 is 1.15 bits per heavy atom. The van der Waals surface area contributed by atoms with Crippen molar-refractivity contribution in [2.75, 3.05) is 18.1 Å². The third-order valence-corrected chi connectivity index (χ3v) is 6.60. The van der Waals surface area contributed by atoms with E-state index in [-0.39, 0.29) is 35.8 Å². The van der Waals surface area contributed by atoms with Gasteiger partial charge in [0.2, 0.25) is 5.91 Å². The minimum absolute atomic E-state index is 0.0197. The number of sulfonamides is 1. The van der Waals surface area contributed by atoms with Crippen LogP contribution in [0.15, 0.2) is 58.3 Å². The van der Waals surface area contributed by atoms with Crippen molar-refractivity contribution in [3.63, 3.8) is 0 Å². The summed E-state index contributed by atoms with van der Waals surface area (Å²) in [6.07, 6.45) is 2.33. The number of carbonyl (C=O) groups is 2. The molecule has 8 heteroatoms. The molecule has 2 aromatic rings. The smallest absolute Gasteiger partial charge is 0.269 e. The number of carbonyl (C=O) groups excluding carboxylic acids is 2. The lowest BCUT2D eigenvalue weighted by molar-refractivity contribution is -0.116. The Balaban J connectivity index is 1.58. The number of benzene rings is 2. The first-order valence-corrected chi connectivity index (χ1v) is 10.7. The fraction of sp³-hybridized carbons (Fsp3) is 0.222. The maximum atomic E-state index is 12.4. The average Bonchev–Trinajstić information content (AvgIpc) is 2.83. The van der Waals surface area contributed by atoms with E-state index >= 15 is 0 Å². The standard InChI is InChI=1S/C18H18N2O4S2/c1-25-14-7-4-6-13(12-14)19-17(21)10-5-11-20-18(22)15-8-2-3-9-16(15)26(20,23)24/h2-4,6-9,12H,5,10-11H2,1H3,(H,19,21). The largest absolute Gasteiger partial charge is 0.326 e. The molecule has 0 fully saturated rings. The van der Waals surface area contributed by atoms with Gasteiger partial charge in [-0.1, -0.05) is 18.2 Å². The molecule has 2 amide bonds. The summed E-state index contributed by atoms with van der Waals surface area (Å²) in [5.41, 5.74) is 0.880. The molecule has 0 aliphatic carbocycles. The Hall–Kier alpha value is -2.32. The van der Waals surface area contributed by atoms with Gasteiger partial charge in [-0.15, -0.1) is 11.8 Å². The molecular weight excluding hydrogens is 372 g/mol. The van der Waals surface area contributed by atoms with Crippen LogP contribution in [0.1, 0.15) is 23.2 Å². The normalized spacial score (nSPS) is 15.0. The van der Waals surface area contributed by atoms with Crippen molar-refractivity contribution in [2.24, 2.45) is 0 Å². The number of nitrogens with zero attached hydrogens (tertiary/aromatic N) is 1. The Morgan fingerprint density at radius 3 is 2.65 bits per heavy atom. The topological polar surface area (TPSA) is 83.6 Å². The minimum Gasteiger partial charge on any atom is -0.326 e. The van der Waals surface area contributed by atoms with Crippen molar-refractivity contribution in [2.45, 2.75) is 22.6 Å². The first-order valence-electron chi connectivity index (χ1n) is 8.03. The van der Waals surface area contributed by atoms with E-state index < -0.39 is 15.9 Å². The molecule has 2 aromatic carbocycles. The predicted molar refractivity (Wildman–Crippen MR) is 101 cm³/mol. The van der Waals surface area contributed by atoms with Gasteiger partial charge in [-0.3, -0.25) is 9.59 Å². The fourth-order valence-electron chi connectivity index (χ4n) is 2.76. The van der Waals surface area contributed by atoms with Gasteiger partial charge in [0, 0.05) is 23.5 Å². The van der Waals surface area contributed by atoms with Gasteiger partial charge in [0.1, 0.15) is 4.90 Å². The molecule has 1 aliphatic heterocycles. The molecule has 0 saturated carbocycles. The lowest BCUT2D eigenvalue weighted by Crippen LogP contribution is -2.31. The molecule has 1 N–H and O–H groups in total. The van der Waals surface area contributed by atoms with E-state index in [0.717, 1.165) is 9.20 Å². The molecule has 0 aromatic heterocycles. The molecule has 0 atom stereocenters. The second-order valence-corrected chi connectivity index (χ2v) is 8.47. The third kappa shape index (κ3) is 3.61. The van der Waals surface area contributed by atoms with E-state index in [2.05, 4.69) is 5.32 Å². The Morgan fingerprint density at radius 2 is 1.92 bits per heavy atom. The zero-order valence-electron chi connectivity index (χ0n) is 14.1. The fourth-order valence-corrected chi connectivity index (χ4v) is 4.83. The third-order valence-electron chi connectivity index (χ3n) is 4.03. The van der Waals surface area contributed by atoms with Crippen molar-refractivity contribution in [1.82, 2.24) is 4.31 Å². The van der Waals surface area contributed by atoms with Gasteiger partial charge in [0.25, 0.3) is 15.9 Å². The molecule has 1 heterocycles. The summed E-state index contributed by atoms with van der Waals surface area (Å²) in [6.45, 7) is -0.0197. The van der Waals surface area contributed by atoms with E-state index in [4.69, 9.17) is 0 Å². The monoisotopic (exact) mass is 390 g/mol. The predicted octanol–water partition coefficient (Wildman–Crippen LogP) is 2.97. The molecular formula is C18H18N2O4S2. The summed E-state index contributed by atoms with van der Waals surface area (Å²) in [5.74, 6) is -0.751. The highest BCUT2D eigenvalue weighted by molar-refractivity contribution is 7.98. The number of anilines is 1. The summed E-state index contributed by atoms with van der Waals surface area (Å²) in [7, 11) is -3.81. The molecule has 0 saturated heterocycles. The number of hydrogen-bond donors (Lipinski definition) is 1. The molecule has 0 unspecified atom stereocenters. The van der Waals surface area contributed by atoms with Gasteiger partial charge in [0.05, 0.1) is 5.56 Å². The second-order valence-electron chi connectivity index (χ2n) is 5.76. The number of fused-ring (bicyclic) bond motifs is 1. The number of hydrogen-bond acceptors (Lipinski definition) is 5. The molecule has 0 bridgehead atoms. The highest BCUT2D eigenvalue weighted by Crippen LogP contribution is 2.30. The van der Waals surface area contributed by atoms with Gasteiger partial charge in [0.15, 0.2) is 0 Å². The highest BCUT2D eigenvalue weighted by Gasteiger charge is 2.40. The maximum Gasteiger partial charge on any atom is 0.269 e. The number of amides is 2. The van der Waals surface area contributed by atoms with E-state index in [1.165, 1.54) is 12.1 Å². The Labute approximate surface area is 156 Å². The van der Waals surface area contributed by atoms with Crippen LogP contribution in [-0.4, -0.2) is 37.3 Å². The summed E-state index contributed by atoms with van der Waals surface area (Å²) < 4.78 is 25.7. The van der Waals surface area contributed by atoms with Gasteiger partial charge in [-0.05, 0) is 43.0 Å². The maximum absolute atomic E-state index is 12.4. The zero-order chi connectivity index (χ0) is 18.7. The SMILES string of the molecule is CSc1cccc(NC(=O)CCCN2C(=O)c3ccccc3S2(=O)=O)c1. The van der Waals surface area contributed by atoms with Crippen LogP contribution in [0.2, 0.25) is 0 Å². The Bertz CT molecular complexity index is 957. The van der Waals surface area contributed by atoms with E-state index in [1.54, 1.807) is 30.0 Å². The van der Waals surface area contributed by atoms with Crippen LogP contribution >= 0.6 is 11.8 Å². The summed E-state index contributed by atoms with van der Waals surface area (Å²) >= 11 is 1.58. The molecule has 1 aliphatic rings. The molecule has 26 heavy (non-hydrogen) atoms. The van der Waals surface area contributed by atoms with Crippen LogP contribution in [0.3, 0.4) is 0 Å². The quantitative estimate of drug-likeness (QED) is 0.767. The van der Waals surface area contributed by atoms with Gasteiger partial charge < -0.3 is 5.32 Å². The second kappa shape index (κ2) is 7.51. The first-order chi connectivity index (χ1) is 12.4. The van der Waals surface area contributed by atoms with Gasteiger partial charge in [-0.25, -0.2) is 12.7 Å². The van der Waals surface area contributed by atoms with E-state index in [1.807, 2.05) is 24.5 Å². The molecule has 6 nitrogen and oxygen atoms in total.